The molecule has 4 unspecified atom stereocenters. The molecule has 0 aliphatic rings. The van der Waals surface area contributed by atoms with Crippen molar-refractivity contribution in [1.82, 2.24) is 0 Å². The molecule has 0 aromatic heterocycles. The van der Waals surface area contributed by atoms with Crippen LogP contribution in [0.25, 0.3) is 0 Å². The minimum atomic E-state index is -4.20. The Bertz CT molecular complexity index is 662. The second-order valence-corrected chi connectivity index (χ2v) is 6.80. The Kier molecular flexibility index (Phi) is 7.66. The summed E-state index contributed by atoms with van der Waals surface area (Å²) in [7, 11) is -4.20. The zero-order valence-electron chi connectivity index (χ0n) is 13.1. The molecule has 0 saturated carbocycles. The summed E-state index contributed by atoms with van der Waals surface area (Å²) in [6, 6.07) is 5.66. The van der Waals surface area contributed by atoms with Crippen molar-refractivity contribution >= 4 is 10.1 Å². The third-order valence-corrected chi connectivity index (χ3v) is 4.49. The van der Waals surface area contributed by atoms with Gasteiger partial charge in [0.15, 0.2) is 0 Å². The monoisotopic (exact) mass is 381 g/mol. The Morgan fingerprint density at radius 2 is 1.52 bits per heavy atom. The molecule has 1 rings (SSSR count). The number of hydrogen-bond acceptors (Lipinski definition) is 10. The van der Waals surface area contributed by atoms with Gasteiger partial charge in [-0.2, -0.15) is 8.42 Å². The van der Waals surface area contributed by atoms with Crippen molar-refractivity contribution in [3.63, 3.8) is 0 Å². The zero-order valence-corrected chi connectivity index (χ0v) is 13.9. The van der Waals surface area contributed by atoms with Crippen molar-refractivity contribution in [2.45, 2.75) is 36.2 Å². The molecule has 0 saturated heterocycles. The predicted octanol–water partition coefficient (Wildman–Crippen LogP) is -1.65. The maximum atomic E-state index is 11.9. The molecule has 1 aromatic rings. The van der Waals surface area contributed by atoms with E-state index in [1.165, 1.54) is 24.3 Å². The molecule has 0 fully saturated rings. The van der Waals surface area contributed by atoms with Gasteiger partial charge in [-0.05, 0) is 19.1 Å². The van der Waals surface area contributed by atoms with E-state index in [0.29, 0.717) is 0 Å². The van der Waals surface area contributed by atoms with E-state index in [9.17, 15) is 39.0 Å². The van der Waals surface area contributed by atoms with Gasteiger partial charge in [0.05, 0.1) is 11.5 Å². The van der Waals surface area contributed by atoms with Crippen molar-refractivity contribution in [2.75, 3.05) is 13.2 Å². The second kappa shape index (κ2) is 9.03. The van der Waals surface area contributed by atoms with Crippen LogP contribution in [-0.2, 0) is 19.1 Å². The molecular formula is C13H19NO10S. The highest BCUT2D eigenvalue weighted by molar-refractivity contribution is 7.86. The van der Waals surface area contributed by atoms with Gasteiger partial charge in [0.25, 0.3) is 15.2 Å². The summed E-state index contributed by atoms with van der Waals surface area (Å²) in [4.78, 5) is 13.7. The first-order valence-electron chi connectivity index (χ1n) is 7.00. The van der Waals surface area contributed by atoms with Gasteiger partial charge < -0.3 is 25.3 Å². The van der Waals surface area contributed by atoms with E-state index in [1.807, 2.05) is 0 Å². The number of hydrogen-bond donors (Lipinski definition) is 4. The minimum Gasteiger partial charge on any atom is -0.388 e. The molecule has 1 aromatic carbocycles. The zero-order chi connectivity index (χ0) is 19.2. The Hall–Kier alpha value is -1.83. The minimum absolute atomic E-state index is 0.167. The van der Waals surface area contributed by atoms with Gasteiger partial charge in [-0.1, -0.05) is 17.7 Å². The molecule has 0 aliphatic heterocycles. The fraction of sp³-hybridized carbons (Fsp3) is 0.538. The van der Waals surface area contributed by atoms with Crippen LogP contribution in [0, 0.1) is 17.0 Å². The van der Waals surface area contributed by atoms with E-state index >= 15 is 0 Å². The highest BCUT2D eigenvalue weighted by Crippen LogP contribution is 2.15. The largest absolute Gasteiger partial charge is 0.388 e. The lowest BCUT2D eigenvalue weighted by atomic mass is 10.0. The third-order valence-electron chi connectivity index (χ3n) is 3.19. The van der Waals surface area contributed by atoms with E-state index in [2.05, 4.69) is 9.02 Å². The van der Waals surface area contributed by atoms with Crippen LogP contribution in [-0.4, -0.2) is 71.6 Å². The van der Waals surface area contributed by atoms with Crippen molar-refractivity contribution in [2.24, 2.45) is 0 Å². The Morgan fingerprint density at radius 3 is 2.00 bits per heavy atom. The number of aliphatic hydroxyl groups excluding tert-OH is 4. The average molecular weight is 381 g/mol. The Labute approximate surface area is 143 Å². The van der Waals surface area contributed by atoms with Crippen molar-refractivity contribution in [1.29, 1.82) is 0 Å². The van der Waals surface area contributed by atoms with Gasteiger partial charge in [0.1, 0.15) is 31.0 Å². The number of aliphatic hydroxyl groups is 4. The van der Waals surface area contributed by atoms with E-state index < -0.39 is 52.8 Å². The summed E-state index contributed by atoms with van der Waals surface area (Å²) in [5.74, 6) is 0. The van der Waals surface area contributed by atoms with Crippen LogP contribution in [0.4, 0.5) is 0 Å². The summed E-state index contributed by atoms with van der Waals surface area (Å²) >= 11 is 0. The van der Waals surface area contributed by atoms with Gasteiger partial charge in [-0.15, -0.1) is 10.1 Å². The molecule has 142 valence electrons. The van der Waals surface area contributed by atoms with Crippen molar-refractivity contribution < 1.29 is 43.0 Å². The molecule has 0 bridgehead atoms. The number of benzene rings is 1. The standard InChI is InChI=1S/C13H19NO10S/c1-8-2-4-9(5-3-8)25(21,22)24-7-11(16)13(18)12(17)10(15)6-23-14(19)20/h2-5,10-13,15-18H,6-7H2,1H3. The van der Waals surface area contributed by atoms with E-state index in [0.717, 1.165) is 5.56 Å². The molecule has 11 nitrogen and oxygen atoms in total. The summed E-state index contributed by atoms with van der Waals surface area (Å²) in [6.45, 7) is -0.0928. The SMILES string of the molecule is Cc1ccc(S(=O)(=O)OCC(O)C(O)C(O)C(O)CO[N+](=O)[O-])cc1. The lowest BCUT2D eigenvalue weighted by molar-refractivity contribution is -0.759. The Morgan fingerprint density at radius 1 is 1.04 bits per heavy atom. The summed E-state index contributed by atoms with van der Waals surface area (Å²) < 4.78 is 28.5. The molecule has 4 N–H and O–H groups in total. The molecule has 0 heterocycles. The van der Waals surface area contributed by atoms with Gasteiger partial charge in [-0.3, -0.25) is 4.18 Å². The average Bonchev–Trinajstić information content (AvgIpc) is 2.56. The number of nitrogens with zero attached hydrogens (tertiary/aromatic N) is 1. The topological polar surface area (TPSA) is 177 Å². The van der Waals surface area contributed by atoms with Gasteiger partial charge >= 0.3 is 0 Å². The van der Waals surface area contributed by atoms with Crippen molar-refractivity contribution in [3.8, 4) is 0 Å². The van der Waals surface area contributed by atoms with Crippen LogP contribution in [0.2, 0.25) is 0 Å². The fourth-order valence-corrected chi connectivity index (χ4v) is 2.65. The van der Waals surface area contributed by atoms with E-state index in [-0.39, 0.29) is 4.90 Å². The third kappa shape index (κ3) is 6.53. The van der Waals surface area contributed by atoms with Crippen LogP contribution in [0.15, 0.2) is 29.2 Å². The molecule has 25 heavy (non-hydrogen) atoms. The second-order valence-electron chi connectivity index (χ2n) is 5.19. The van der Waals surface area contributed by atoms with Crippen LogP contribution < -0.4 is 0 Å². The van der Waals surface area contributed by atoms with Crippen LogP contribution in [0.1, 0.15) is 5.56 Å². The molecule has 12 heteroatoms. The molecule has 0 aliphatic carbocycles. The van der Waals surface area contributed by atoms with Crippen LogP contribution >= 0.6 is 0 Å². The maximum absolute atomic E-state index is 11.9. The summed E-state index contributed by atoms with van der Waals surface area (Å²) in [5.41, 5.74) is 0.823. The first kappa shape index (κ1) is 21.2. The molecule has 4 atom stereocenters. The fourth-order valence-electron chi connectivity index (χ4n) is 1.72. The van der Waals surface area contributed by atoms with Gasteiger partial charge in [0.2, 0.25) is 0 Å². The van der Waals surface area contributed by atoms with E-state index in [4.69, 9.17) is 0 Å². The molecule has 0 amide bonds. The normalized spacial score (nSPS) is 16.7. The highest BCUT2D eigenvalue weighted by Gasteiger charge is 2.32. The smallest absolute Gasteiger partial charge is 0.297 e. The Balaban J connectivity index is 2.60. The predicted molar refractivity (Wildman–Crippen MR) is 81.3 cm³/mol. The quantitative estimate of drug-likeness (QED) is 0.209. The van der Waals surface area contributed by atoms with Gasteiger partial charge in [-0.25, -0.2) is 0 Å². The van der Waals surface area contributed by atoms with Crippen LogP contribution in [0.3, 0.4) is 0 Å². The van der Waals surface area contributed by atoms with Crippen LogP contribution in [0.5, 0.6) is 0 Å². The summed E-state index contributed by atoms with van der Waals surface area (Å²) in [5, 5.41) is 47.1. The van der Waals surface area contributed by atoms with Crippen molar-refractivity contribution in [3.05, 3.63) is 39.9 Å². The first-order valence-corrected chi connectivity index (χ1v) is 8.41. The first-order chi connectivity index (χ1) is 11.5. The lowest BCUT2D eigenvalue weighted by Crippen LogP contribution is -2.48. The lowest BCUT2D eigenvalue weighted by Gasteiger charge is -2.25. The highest BCUT2D eigenvalue weighted by atomic mass is 32.2. The molecule has 0 radical (unpaired) electrons. The van der Waals surface area contributed by atoms with Gasteiger partial charge in [0, 0.05) is 0 Å². The molecular weight excluding hydrogens is 362 g/mol. The number of rotatable bonds is 10. The maximum Gasteiger partial charge on any atom is 0.297 e. The number of aryl methyl sites for hydroxylation is 1. The van der Waals surface area contributed by atoms with E-state index in [1.54, 1.807) is 6.92 Å². The molecule has 0 spiro atoms. The summed E-state index contributed by atoms with van der Waals surface area (Å²) in [6.07, 6.45) is -7.83.